The van der Waals surface area contributed by atoms with Crippen LogP contribution in [0.1, 0.15) is 40.5 Å². The summed E-state index contributed by atoms with van der Waals surface area (Å²) in [6.45, 7) is 9.02. The first-order valence-electron chi connectivity index (χ1n) is 6.09. The smallest absolute Gasteiger partial charge is 0.104 e. The lowest BCUT2D eigenvalue weighted by molar-refractivity contribution is 0.145. The fraction of sp³-hybridized carbons (Fsp3) is 0.769. The second-order valence-electron chi connectivity index (χ2n) is 3.94. The summed E-state index contributed by atoms with van der Waals surface area (Å²) in [7, 11) is 3.81. The summed E-state index contributed by atoms with van der Waals surface area (Å²) in [5.41, 5.74) is 1.36. The van der Waals surface area contributed by atoms with Crippen LogP contribution in [0.4, 0.5) is 0 Å². The van der Waals surface area contributed by atoms with Crippen molar-refractivity contribution in [2.75, 3.05) is 20.8 Å². The molecule has 0 saturated carbocycles. The minimum Gasteiger partial charge on any atom is -0.383 e. The Morgan fingerprint density at radius 1 is 1.44 bits per heavy atom. The van der Waals surface area contributed by atoms with Gasteiger partial charge in [-0.3, -0.25) is 0 Å². The Morgan fingerprint density at radius 3 is 2.50 bits per heavy atom. The molecule has 0 amide bonds. The van der Waals surface area contributed by atoms with Crippen molar-refractivity contribution in [2.45, 2.75) is 46.6 Å². The summed E-state index contributed by atoms with van der Waals surface area (Å²) in [5, 5.41) is 0. The summed E-state index contributed by atoms with van der Waals surface area (Å²) < 4.78 is 5.12. The van der Waals surface area contributed by atoms with E-state index in [-0.39, 0.29) is 0 Å². The van der Waals surface area contributed by atoms with E-state index in [0.29, 0.717) is 6.04 Å². The molecule has 0 bridgehead atoms. The summed E-state index contributed by atoms with van der Waals surface area (Å²) in [5.74, 6) is 1.17. The number of rotatable bonds is 3. The van der Waals surface area contributed by atoms with Gasteiger partial charge in [-0.25, -0.2) is 4.99 Å². The van der Waals surface area contributed by atoms with E-state index in [1.54, 1.807) is 7.11 Å². The Morgan fingerprint density at radius 2 is 2.06 bits per heavy atom. The molecule has 0 N–H and O–H groups in total. The van der Waals surface area contributed by atoms with Crippen molar-refractivity contribution in [3.8, 4) is 0 Å². The maximum atomic E-state index is 5.12. The minimum absolute atomic E-state index is 0.394. The molecule has 1 rings (SSSR count). The molecule has 0 spiro atoms. The molecule has 1 unspecified atom stereocenters. The highest BCUT2D eigenvalue weighted by atomic mass is 16.5. The second kappa shape index (κ2) is 8.34. The maximum absolute atomic E-state index is 5.12. The molecule has 0 aromatic carbocycles. The van der Waals surface area contributed by atoms with Crippen LogP contribution in [-0.4, -0.2) is 37.5 Å². The summed E-state index contributed by atoms with van der Waals surface area (Å²) in [6.07, 6.45) is 4.14. The number of methoxy groups -OCH3 is 1. The molecule has 1 aliphatic rings. The molecule has 0 saturated heterocycles. The molecule has 94 valence electrons. The quantitative estimate of drug-likeness (QED) is 0.739. The number of allylic oxidation sites excluding steroid dienone is 1. The molecule has 1 aliphatic heterocycles. The van der Waals surface area contributed by atoms with Crippen molar-refractivity contribution in [3.63, 3.8) is 0 Å². The molecular formula is C13H26N2O. The van der Waals surface area contributed by atoms with Gasteiger partial charge in [0.15, 0.2) is 0 Å². The van der Waals surface area contributed by atoms with Crippen molar-refractivity contribution >= 4 is 5.84 Å². The van der Waals surface area contributed by atoms with Gasteiger partial charge in [-0.2, -0.15) is 0 Å². The van der Waals surface area contributed by atoms with Crippen LogP contribution in [-0.2, 0) is 4.74 Å². The van der Waals surface area contributed by atoms with E-state index in [0.717, 1.165) is 19.4 Å². The fourth-order valence-corrected chi connectivity index (χ4v) is 1.50. The Labute approximate surface area is 100 Å². The summed E-state index contributed by atoms with van der Waals surface area (Å²) in [4.78, 5) is 6.64. The van der Waals surface area contributed by atoms with Gasteiger partial charge in [0.05, 0.1) is 12.6 Å². The van der Waals surface area contributed by atoms with E-state index in [1.165, 1.54) is 11.4 Å². The summed E-state index contributed by atoms with van der Waals surface area (Å²) in [6, 6.07) is 0.394. The number of likely N-dealkylation sites (N-methyl/N-ethyl adjacent to an activating group) is 1. The number of nitrogens with zero attached hydrogens (tertiary/aromatic N) is 2. The Bertz CT molecular complexity index is 246. The van der Waals surface area contributed by atoms with Crippen molar-refractivity contribution in [2.24, 2.45) is 4.99 Å². The molecule has 3 nitrogen and oxygen atoms in total. The molecule has 16 heavy (non-hydrogen) atoms. The van der Waals surface area contributed by atoms with E-state index in [9.17, 15) is 0 Å². The highest BCUT2D eigenvalue weighted by molar-refractivity contribution is 5.84. The van der Waals surface area contributed by atoms with Crippen molar-refractivity contribution < 1.29 is 4.74 Å². The molecule has 3 heteroatoms. The normalized spacial score (nSPS) is 16.6. The van der Waals surface area contributed by atoms with Gasteiger partial charge in [-0.05, 0) is 20.3 Å². The molecular weight excluding hydrogens is 200 g/mol. The average Bonchev–Trinajstić information content (AvgIpc) is 2.32. The SMILES string of the molecule is CC.COCC(C)N(C)C1=NC=C(C)CC1. The number of ether oxygens (including phenoxy) is 1. The third-order valence-electron chi connectivity index (χ3n) is 2.65. The van der Waals surface area contributed by atoms with Gasteiger partial charge in [-0.15, -0.1) is 0 Å². The van der Waals surface area contributed by atoms with Crippen LogP contribution < -0.4 is 0 Å². The van der Waals surface area contributed by atoms with Gasteiger partial charge in [0.1, 0.15) is 5.84 Å². The molecule has 0 aliphatic carbocycles. The first-order chi connectivity index (χ1) is 7.65. The zero-order valence-electron chi connectivity index (χ0n) is 11.6. The number of hydrogen-bond donors (Lipinski definition) is 0. The zero-order valence-corrected chi connectivity index (χ0v) is 11.6. The van der Waals surface area contributed by atoms with Gasteiger partial charge in [0.2, 0.25) is 0 Å². The van der Waals surface area contributed by atoms with Gasteiger partial charge in [0, 0.05) is 26.8 Å². The van der Waals surface area contributed by atoms with Gasteiger partial charge >= 0.3 is 0 Å². The Balaban J connectivity index is 0.00000106. The third kappa shape index (κ3) is 4.79. The Hall–Kier alpha value is -0.830. The fourth-order valence-electron chi connectivity index (χ4n) is 1.50. The number of hydrogen-bond acceptors (Lipinski definition) is 3. The van der Waals surface area contributed by atoms with Gasteiger partial charge < -0.3 is 9.64 Å². The van der Waals surface area contributed by atoms with E-state index in [2.05, 4.69) is 30.8 Å². The molecule has 0 fully saturated rings. The van der Waals surface area contributed by atoms with Crippen LogP contribution in [0.2, 0.25) is 0 Å². The molecule has 1 atom stereocenters. The zero-order chi connectivity index (χ0) is 12.6. The lowest BCUT2D eigenvalue weighted by atomic mass is 10.1. The topological polar surface area (TPSA) is 24.8 Å². The predicted molar refractivity (Wildman–Crippen MR) is 70.9 cm³/mol. The second-order valence-corrected chi connectivity index (χ2v) is 3.94. The van der Waals surface area contributed by atoms with Crippen LogP contribution in [0.15, 0.2) is 16.8 Å². The molecule has 0 radical (unpaired) electrons. The lowest BCUT2D eigenvalue weighted by Gasteiger charge is -2.28. The highest BCUT2D eigenvalue weighted by Gasteiger charge is 2.15. The lowest BCUT2D eigenvalue weighted by Crippen LogP contribution is -2.38. The number of aliphatic imine (C=N–C) groups is 1. The molecule has 0 aromatic rings. The maximum Gasteiger partial charge on any atom is 0.104 e. The summed E-state index contributed by atoms with van der Waals surface area (Å²) >= 11 is 0. The van der Waals surface area contributed by atoms with E-state index in [4.69, 9.17) is 4.74 Å². The minimum atomic E-state index is 0.394. The van der Waals surface area contributed by atoms with Crippen molar-refractivity contribution in [1.82, 2.24) is 4.90 Å². The van der Waals surface area contributed by atoms with E-state index in [1.807, 2.05) is 20.0 Å². The van der Waals surface area contributed by atoms with E-state index >= 15 is 0 Å². The molecule has 0 aromatic heterocycles. The van der Waals surface area contributed by atoms with Gasteiger partial charge in [0.25, 0.3) is 0 Å². The Kier molecular flexibility index (Phi) is 7.90. The van der Waals surface area contributed by atoms with Crippen LogP contribution >= 0.6 is 0 Å². The highest BCUT2D eigenvalue weighted by Crippen LogP contribution is 2.14. The standard InChI is InChI=1S/C11H20N2O.C2H6/c1-9-5-6-11(12-7-9)13(3)10(2)8-14-4;1-2/h7,10H,5-6,8H2,1-4H3;1-2H3. The van der Waals surface area contributed by atoms with Crippen LogP contribution in [0, 0.1) is 0 Å². The predicted octanol–water partition coefficient (Wildman–Crippen LogP) is 3.08. The third-order valence-corrected chi connectivity index (χ3v) is 2.65. The monoisotopic (exact) mass is 226 g/mol. The average molecular weight is 226 g/mol. The first kappa shape index (κ1) is 15.2. The van der Waals surface area contributed by atoms with Crippen LogP contribution in [0.5, 0.6) is 0 Å². The van der Waals surface area contributed by atoms with E-state index < -0.39 is 0 Å². The van der Waals surface area contributed by atoms with Gasteiger partial charge in [-0.1, -0.05) is 19.4 Å². The number of amidine groups is 1. The first-order valence-corrected chi connectivity index (χ1v) is 6.09. The van der Waals surface area contributed by atoms with Crippen molar-refractivity contribution in [1.29, 1.82) is 0 Å². The van der Waals surface area contributed by atoms with Crippen LogP contribution in [0.25, 0.3) is 0 Å². The van der Waals surface area contributed by atoms with Crippen molar-refractivity contribution in [3.05, 3.63) is 11.8 Å². The molecule has 1 heterocycles. The van der Waals surface area contributed by atoms with Crippen LogP contribution in [0.3, 0.4) is 0 Å². The largest absolute Gasteiger partial charge is 0.383 e.